The van der Waals surface area contributed by atoms with E-state index in [2.05, 4.69) is 35.0 Å². The highest BCUT2D eigenvalue weighted by atomic mass is 16.2. The van der Waals surface area contributed by atoms with Crippen LogP contribution in [0.15, 0.2) is 54.6 Å². The van der Waals surface area contributed by atoms with Crippen LogP contribution in [-0.2, 0) is 9.59 Å². The number of nitrogens with one attached hydrogen (secondary N) is 3. The molecule has 0 aliphatic heterocycles. The highest BCUT2D eigenvalue weighted by molar-refractivity contribution is 5.94. The monoisotopic (exact) mass is 393 g/mol. The number of rotatable bonds is 8. The highest BCUT2D eigenvalue weighted by Gasteiger charge is 2.17. The Balaban J connectivity index is 1.40. The highest BCUT2D eigenvalue weighted by Crippen LogP contribution is 2.26. The van der Waals surface area contributed by atoms with Crippen molar-refractivity contribution in [2.45, 2.75) is 51.5 Å². The Kier molecular flexibility index (Phi) is 7.68. The predicted octanol–water partition coefficient (Wildman–Crippen LogP) is 4.88. The van der Waals surface area contributed by atoms with Crippen LogP contribution in [-0.4, -0.2) is 18.4 Å². The number of carbonyl (C=O) groups excluding carboxylic acids is 2. The summed E-state index contributed by atoms with van der Waals surface area (Å²) in [7, 11) is 0. The van der Waals surface area contributed by atoms with Crippen LogP contribution in [0.1, 0.15) is 57.1 Å². The van der Waals surface area contributed by atoms with E-state index in [0.717, 1.165) is 24.2 Å². The minimum Gasteiger partial charge on any atom is -0.379 e. The first kappa shape index (κ1) is 20.9. The van der Waals surface area contributed by atoms with Gasteiger partial charge in [-0.15, -0.1) is 0 Å². The third-order valence-electron chi connectivity index (χ3n) is 5.50. The fourth-order valence-corrected chi connectivity index (χ4v) is 3.83. The van der Waals surface area contributed by atoms with Crippen LogP contribution in [0.3, 0.4) is 0 Å². The third-order valence-corrected chi connectivity index (χ3v) is 5.50. The second-order valence-corrected chi connectivity index (χ2v) is 7.89. The maximum atomic E-state index is 12.1. The summed E-state index contributed by atoms with van der Waals surface area (Å²) in [4.78, 5) is 24.1. The van der Waals surface area contributed by atoms with Gasteiger partial charge in [-0.25, -0.2) is 0 Å². The molecule has 1 aliphatic rings. The molecule has 0 radical (unpaired) electrons. The summed E-state index contributed by atoms with van der Waals surface area (Å²) >= 11 is 0. The molecule has 0 heterocycles. The summed E-state index contributed by atoms with van der Waals surface area (Å²) in [5, 5.41) is 9.02. The Morgan fingerprint density at radius 1 is 0.897 bits per heavy atom. The molecule has 3 N–H and O–H groups in total. The summed E-state index contributed by atoms with van der Waals surface area (Å²) in [6.45, 7) is 2.12. The molecule has 5 heteroatoms. The molecule has 2 aromatic rings. The first-order chi connectivity index (χ1) is 14.1. The topological polar surface area (TPSA) is 70.2 Å². The van der Waals surface area contributed by atoms with Crippen molar-refractivity contribution in [3.8, 4) is 0 Å². The molecule has 3 rings (SSSR count). The standard InChI is InChI=1S/C24H31N3O2/c1-18(20-10-6-3-7-11-20)26-21-12-14-22(15-13-21)27-24(29)17-25-23(28)16-19-8-4-2-5-9-19/h3,6-7,10-15,18-19,26H,2,4-5,8-9,16-17H2,1H3,(H,25,28)(H,27,29). The molecule has 1 atom stereocenters. The van der Waals surface area contributed by atoms with Gasteiger partial charge in [0, 0.05) is 23.8 Å². The van der Waals surface area contributed by atoms with Crippen LogP contribution in [0.25, 0.3) is 0 Å². The van der Waals surface area contributed by atoms with Crippen LogP contribution >= 0.6 is 0 Å². The molecule has 2 amide bonds. The summed E-state index contributed by atoms with van der Waals surface area (Å²) in [6, 6.07) is 18.0. The Morgan fingerprint density at radius 2 is 1.55 bits per heavy atom. The van der Waals surface area contributed by atoms with E-state index in [1.54, 1.807) is 0 Å². The Bertz CT molecular complexity index is 784. The zero-order valence-electron chi connectivity index (χ0n) is 17.1. The number of anilines is 2. The van der Waals surface area contributed by atoms with E-state index in [1.807, 2.05) is 42.5 Å². The minimum absolute atomic E-state index is 0.0105. The van der Waals surface area contributed by atoms with Gasteiger partial charge >= 0.3 is 0 Å². The Hall–Kier alpha value is -2.82. The lowest BCUT2D eigenvalue weighted by Crippen LogP contribution is -2.34. The average molecular weight is 394 g/mol. The molecule has 0 aromatic heterocycles. The number of amides is 2. The largest absolute Gasteiger partial charge is 0.379 e. The maximum absolute atomic E-state index is 12.1. The van der Waals surface area contributed by atoms with Gasteiger partial charge in [-0.1, -0.05) is 49.6 Å². The molecule has 0 saturated heterocycles. The van der Waals surface area contributed by atoms with E-state index in [1.165, 1.54) is 24.8 Å². The molecule has 0 bridgehead atoms. The van der Waals surface area contributed by atoms with Gasteiger partial charge in [0.25, 0.3) is 0 Å². The van der Waals surface area contributed by atoms with Crippen molar-refractivity contribution in [3.05, 3.63) is 60.2 Å². The van der Waals surface area contributed by atoms with Crippen molar-refractivity contribution < 1.29 is 9.59 Å². The SMILES string of the molecule is CC(Nc1ccc(NC(=O)CNC(=O)CC2CCCCC2)cc1)c1ccccc1. The van der Waals surface area contributed by atoms with E-state index in [-0.39, 0.29) is 24.4 Å². The summed E-state index contributed by atoms with van der Waals surface area (Å²) < 4.78 is 0. The molecule has 29 heavy (non-hydrogen) atoms. The first-order valence-corrected chi connectivity index (χ1v) is 10.6. The van der Waals surface area contributed by atoms with Crippen LogP contribution in [0.2, 0.25) is 0 Å². The third kappa shape index (κ3) is 6.93. The van der Waals surface area contributed by atoms with E-state index >= 15 is 0 Å². The fraction of sp³-hybridized carbons (Fsp3) is 0.417. The van der Waals surface area contributed by atoms with Crippen molar-refractivity contribution >= 4 is 23.2 Å². The second-order valence-electron chi connectivity index (χ2n) is 7.89. The van der Waals surface area contributed by atoms with Crippen molar-refractivity contribution in [3.63, 3.8) is 0 Å². The van der Waals surface area contributed by atoms with Gasteiger partial charge in [0.2, 0.25) is 11.8 Å². The van der Waals surface area contributed by atoms with Crippen LogP contribution in [0, 0.1) is 5.92 Å². The molecular formula is C24H31N3O2. The molecule has 5 nitrogen and oxygen atoms in total. The number of hydrogen-bond acceptors (Lipinski definition) is 3. The van der Waals surface area contributed by atoms with Crippen molar-refractivity contribution in [1.82, 2.24) is 5.32 Å². The molecule has 154 valence electrons. The van der Waals surface area contributed by atoms with Crippen molar-refractivity contribution in [2.75, 3.05) is 17.2 Å². The normalized spacial score (nSPS) is 15.3. The van der Waals surface area contributed by atoms with Crippen LogP contribution < -0.4 is 16.0 Å². The lowest BCUT2D eigenvalue weighted by atomic mass is 9.87. The Labute approximate surface area is 173 Å². The second kappa shape index (κ2) is 10.6. The van der Waals surface area contributed by atoms with Crippen LogP contribution in [0.5, 0.6) is 0 Å². The molecule has 1 aliphatic carbocycles. The molecule has 1 unspecified atom stereocenters. The number of carbonyl (C=O) groups is 2. The van der Waals surface area contributed by atoms with E-state index < -0.39 is 0 Å². The van der Waals surface area contributed by atoms with Gasteiger partial charge in [-0.3, -0.25) is 9.59 Å². The van der Waals surface area contributed by atoms with E-state index in [4.69, 9.17) is 0 Å². The maximum Gasteiger partial charge on any atom is 0.243 e. The van der Waals surface area contributed by atoms with Gasteiger partial charge in [0.15, 0.2) is 0 Å². The number of hydrogen-bond donors (Lipinski definition) is 3. The van der Waals surface area contributed by atoms with Gasteiger partial charge < -0.3 is 16.0 Å². The summed E-state index contributed by atoms with van der Waals surface area (Å²) in [5.74, 6) is 0.243. The smallest absolute Gasteiger partial charge is 0.243 e. The van der Waals surface area contributed by atoms with Gasteiger partial charge in [-0.2, -0.15) is 0 Å². The molecule has 1 fully saturated rings. The Morgan fingerprint density at radius 3 is 2.24 bits per heavy atom. The van der Waals surface area contributed by atoms with Gasteiger partial charge in [0.1, 0.15) is 0 Å². The quantitative estimate of drug-likeness (QED) is 0.598. The lowest BCUT2D eigenvalue weighted by molar-refractivity contribution is -0.125. The number of benzene rings is 2. The molecule has 0 spiro atoms. The van der Waals surface area contributed by atoms with Crippen molar-refractivity contribution in [2.24, 2.45) is 5.92 Å². The van der Waals surface area contributed by atoms with E-state index in [9.17, 15) is 9.59 Å². The lowest BCUT2D eigenvalue weighted by Gasteiger charge is -2.20. The zero-order chi connectivity index (χ0) is 20.5. The summed E-state index contributed by atoms with van der Waals surface area (Å²) in [5.41, 5.74) is 2.92. The van der Waals surface area contributed by atoms with Crippen LogP contribution in [0.4, 0.5) is 11.4 Å². The summed E-state index contributed by atoms with van der Waals surface area (Å²) in [6.07, 6.45) is 6.50. The molecule has 2 aromatic carbocycles. The minimum atomic E-state index is -0.208. The van der Waals surface area contributed by atoms with E-state index in [0.29, 0.717) is 12.3 Å². The van der Waals surface area contributed by atoms with Gasteiger partial charge in [0.05, 0.1) is 6.54 Å². The fourth-order valence-electron chi connectivity index (χ4n) is 3.83. The predicted molar refractivity (Wildman–Crippen MR) is 118 cm³/mol. The first-order valence-electron chi connectivity index (χ1n) is 10.6. The average Bonchev–Trinajstić information content (AvgIpc) is 2.75. The molecular weight excluding hydrogens is 362 g/mol. The van der Waals surface area contributed by atoms with Gasteiger partial charge in [-0.05, 0) is 55.5 Å². The zero-order valence-corrected chi connectivity index (χ0v) is 17.1. The van der Waals surface area contributed by atoms with Crippen molar-refractivity contribution in [1.29, 1.82) is 0 Å². The molecule has 1 saturated carbocycles.